The van der Waals surface area contributed by atoms with Crippen molar-refractivity contribution in [2.75, 3.05) is 22.3 Å². The minimum absolute atomic E-state index is 0.115. The van der Waals surface area contributed by atoms with Gasteiger partial charge >= 0.3 is 0 Å². The molecule has 0 aliphatic rings. The minimum Gasteiger partial charge on any atom is -0.454 e. The Balaban J connectivity index is 1.89. The molecule has 0 aliphatic carbocycles. The predicted molar refractivity (Wildman–Crippen MR) is 125 cm³/mol. The van der Waals surface area contributed by atoms with Gasteiger partial charge in [-0.05, 0) is 51.1 Å². The van der Waals surface area contributed by atoms with Crippen molar-refractivity contribution < 1.29 is 21.9 Å². The number of aromatic nitrogens is 4. The smallest absolute Gasteiger partial charge is 0.232 e. The van der Waals surface area contributed by atoms with Gasteiger partial charge in [-0.15, -0.1) is 10.2 Å². The molecule has 0 fully saturated rings. The molecule has 0 unspecified atom stereocenters. The normalized spacial score (nSPS) is 11.6. The summed E-state index contributed by atoms with van der Waals surface area (Å²) < 4.78 is 61.9. The van der Waals surface area contributed by atoms with Crippen LogP contribution in [-0.2, 0) is 10.0 Å². The highest BCUT2D eigenvalue weighted by Gasteiger charge is 2.18. The van der Waals surface area contributed by atoms with Gasteiger partial charge in [0.15, 0.2) is 17.4 Å². The first-order chi connectivity index (χ1) is 16.2. The van der Waals surface area contributed by atoms with E-state index in [0.717, 1.165) is 6.07 Å². The molecule has 0 amide bonds. The molecule has 0 bridgehead atoms. The van der Waals surface area contributed by atoms with Crippen molar-refractivity contribution in [3.63, 3.8) is 0 Å². The zero-order valence-corrected chi connectivity index (χ0v) is 19.4. The van der Waals surface area contributed by atoms with Crippen molar-refractivity contribution in [3.05, 3.63) is 60.1 Å². The van der Waals surface area contributed by atoms with Crippen molar-refractivity contribution in [1.82, 2.24) is 19.6 Å². The van der Waals surface area contributed by atoms with E-state index >= 15 is 0 Å². The van der Waals surface area contributed by atoms with Crippen LogP contribution in [0.2, 0.25) is 0 Å². The molecule has 2 heterocycles. The van der Waals surface area contributed by atoms with Crippen LogP contribution in [0.5, 0.6) is 11.5 Å². The SMILES string of the molecule is CCNc1nc(-c2cc(NS(=O)(=O)CC)ccc2Oc2ccc(F)cc2F)cn2c(C)nnc12. The lowest BCUT2D eigenvalue weighted by Gasteiger charge is -2.15. The summed E-state index contributed by atoms with van der Waals surface area (Å²) in [5.74, 6) is -0.682. The fourth-order valence-corrected chi connectivity index (χ4v) is 3.86. The lowest BCUT2D eigenvalue weighted by molar-refractivity contribution is 0.439. The second kappa shape index (κ2) is 9.21. The Bertz CT molecular complexity index is 1470. The maximum Gasteiger partial charge on any atom is 0.232 e. The van der Waals surface area contributed by atoms with Gasteiger partial charge in [0.2, 0.25) is 15.7 Å². The number of nitrogens with one attached hydrogen (secondary N) is 2. The highest BCUT2D eigenvalue weighted by atomic mass is 32.2. The minimum atomic E-state index is -3.55. The fraction of sp³-hybridized carbons (Fsp3) is 0.227. The molecule has 2 aromatic heterocycles. The van der Waals surface area contributed by atoms with Crippen LogP contribution in [0.15, 0.2) is 42.6 Å². The van der Waals surface area contributed by atoms with E-state index in [9.17, 15) is 17.2 Å². The summed E-state index contributed by atoms with van der Waals surface area (Å²) in [5, 5.41) is 11.4. The van der Waals surface area contributed by atoms with Gasteiger partial charge in [-0.1, -0.05) is 0 Å². The molecule has 0 atom stereocenters. The first-order valence-electron chi connectivity index (χ1n) is 10.4. The number of aryl methyl sites for hydroxylation is 1. The maximum absolute atomic E-state index is 14.3. The average molecular weight is 489 g/mol. The number of hydrogen-bond donors (Lipinski definition) is 2. The van der Waals surface area contributed by atoms with Crippen LogP contribution in [0, 0.1) is 18.6 Å². The van der Waals surface area contributed by atoms with Crippen LogP contribution in [0.4, 0.5) is 20.3 Å². The molecule has 178 valence electrons. The van der Waals surface area contributed by atoms with Gasteiger partial charge in [0.25, 0.3) is 0 Å². The van der Waals surface area contributed by atoms with Crippen LogP contribution in [-0.4, -0.2) is 40.3 Å². The highest BCUT2D eigenvalue weighted by molar-refractivity contribution is 7.92. The summed E-state index contributed by atoms with van der Waals surface area (Å²) in [6.07, 6.45) is 1.67. The number of rotatable bonds is 8. The second-order valence-electron chi connectivity index (χ2n) is 7.34. The first kappa shape index (κ1) is 23.4. The summed E-state index contributed by atoms with van der Waals surface area (Å²) in [6, 6.07) is 7.48. The van der Waals surface area contributed by atoms with Gasteiger partial charge in [0.05, 0.1) is 11.4 Å². The third-order valence-electron chi connectivity index (χ3n) is 4.93. The van der Waals surface area contributed by atoms with Gasteiger partial charge in [-0.25, -0.2) is 22.2 Å². The Morgan fingerprint density at radius 3 is 2.53 bits per heavy atom. The Morgan fingerprint density at radius 1 is 1.06 bits per heavy atom. The Kier molecular flexibility index (Phi) is 6.33. The van der Waals surface area contributed by atoms with Gasteiger partial charge in [0.1, 0.15) is 17.4 Å². The molecule has 34 heavy (non-hydrogen) atoms. The number of hydrogen-bond acceptors (Lipinski definition) is 7. The quantitative estimate of drug-likeness (QED) is 0.379. The molecule has 2 N–H and O–H groups in total. The lowest BCUT2D eigenvalue weighted by Crippen LogP contribution is -2.14. The van der Waals surface area contributed by atoms with Gasteiger partial charge in [-0.3, -0.25) is 9.12 Å². The molecule has 4 rings (SSSR count). The number of halogens is 2. The number of anilines is 2. The Labute approximate surface area is 194 Å². The van der Waals surface area contributed by atoms with E-state index in [4.69, 9.17) is 4.74 Å². The van der Waals surface area contributed by atoms with E-state index in [1.54, 1.807) is 17.5 Å². The summed E-state index contributed by atoms with van der Waals surface area (Å²) in [7, 11) is -3.55. The summed E-state index contributed by atoms with van der Waals surface area (Å²) in [5.41, 5.74) is 1.55. The van der Waals surface area contributed by atoms with Crippen LogP contribution >= 0.6 is 0 Å². The molecular weight excluding hydrogens is 466 g/mol. The molecular formula is C22H22F2N6O3S. The van der Waals surface area contributed by atoms with E-state index < -0.39 is 21.7 Å². The number of ether oxygens (including phenoxy) is 1. The molecule has 9 nitrogen and oxygen atoms in total. The van der Waals surface area contributed by atoms with Crippen LogP contribution in [0.25, 0.3) is 16.9 Å². The summed E-state index contributed by atoms with van der Waals surface area (Å²) in [6.45, 7) is 5.76. The number of benzene rings is 2. The molecule has 0 radical (unpaired) electrons. The predicted octanol–water partition coefficient (Wildman–Crippen LogP) is 4.36. The lowest BCUT2D eigenvalue weighted by atomic mass is 10.1. The van der Waals surface area contributed by atoms with E-state index in [1.807, 2.05) is 6.92 Å². The molecule has 0 spiro atoms. The highest BCUT2D eigenvalue weighted by Crippen LogP contribution is 2.37. The number of nitrogens with zero attached hydrogens (tertiary/aromatic N) is 4. The van der Waals surface area contributed by atoms with E-state index in [0.29, 0.717) is 41.2 Å². The monoisotopic (exact) mass is 488 g/mol. The number of sulfonamides is 1. The van der Waals surface area contributed by atoms with E-state index in [1.165, 1.54) is 31.2 Å². The Morgan fingerprint density at radius 2 is 1.82 bits per heavy atom. The van der Waals surface area contributed by atoms with Crippen LogP contribution < -0.4 is 14.8 Å². The average Bonchev–Trinajstić information content (AvgIpc) is 3.17. The second-order valence-corrected chi connectivity index (χ2v) is 9.35. The topological polar surface area (TPSA) is 111 Å². The molecule has 2 aromatic carbocycles. The van der Waals surface area contributed by atoms with Gasteiger partial charge in [-0.2, -0.15) is 0 Å². The van der Waals surface area contributed by atoms with Crippen LogP contribution in [0.3, 0.4) is 0 Å². The zero-order chi connectivity index (χ0) is 24.5. The molecule has 0 saturated carbocycles. The Hall–Kier alpha value is -3.80. The molecule has 0 saturated heterocycles. The number of fused-ring (bicyclic) bond motifs is 1. The van der Waals surface area contributed by atoms with Gasteiger partial charge in [0, 0.05) is 30.1 Å². The first-order valence-corrected chi connectivity index (χ1v) is 12.1. The summed E-state index contributed by atoms with van der Waals surface area (Å²) in [4.78, 5) is 4.63. The fourth-order valence-electron chi connectivity index (χ4n) is 3.23. The third-order valence-corrected chi connectivity index (χ3v) is 6.24. The van der Waals surface area contributed by atoms with Crippen molar-refractivity contribution in [2.45, 2.75) is 20.8 Å². The summed E-state index contributed by atoms with van der Waals surface area (Å²) >= 11 is 0. The standard InChI is InChI=1S/C22H22F2N6O3S/c1-4-25-21-22-28-27-13(3)30(22)12-18(26-21)16-11-15(29-34(31,32)5-2)7-9-19(16)33-20-8-6-14(23)10-17(20)24/h6-12,29H,4-5H2,1-3H3,(H,25,26). The largest absolute Gasteiger partial charge is 0.454 e. The van der Waals surface area contributed by atoms with Crippen molar-refractivity contribution in [2.24, 2.45) is 0 Å². The third kappa shape index (κ3) is 4.76. The van der Waals surface area contributed by atoms with Crippen molar-refractivity contribution in [3.8, 4) is 22.8 Å². The van der Waals surface area contributed by atoms with Gasteiger partial charge < -0.3 is 10.1 Å². The van der Waals surface area contributed by atoms with Crippen molar-refractivity contribution >= 4 is 27.2 Å². The van der Waals surface area contributed by atoms with Crippen molar-refractivity contribution in [1.29, 1.82) is 0 Å². The maximum atomic E-state index is 14.3. The molecule has 4 aromatic rings. The van der Waals surface area contributed by atoms with E-state index in [2.05, 4.69) is 25.2 Å². The van der Waals surface area contributed by atoms with Crippen LogP contribution in [0.1, 0.15) is 19.7 Å². The zero-order valence-electron chi connectivity index (χ0n) is 18.6. The van der Waals surface area contributed by atoms with E-state index in [-0.39, 0.29) is 22.9 Å². The molecule has 0 aliphatic heterocycles. The molecule has 12 heteroatoms.